The highest BCUT2D eigenvalue weighted by molar-refractivity contribution is 5.93. The van der Waals surface area contributed by atoms with Crippen LogP contribution in [0.4, 0.5) is 5.69 Å². The lowest BCUT2D eigenvalue weighted by Crippen LogP contribution is -2.31. The number of aromatic nitrogens is 3. The van der Waals surface area contributed by atoms with Crippen LogP contribution in [0.1, 0.15) is 41.1 Å². The second-order valence-electron chi connectivity index (χ2n) is 7.13. The summed E-state index contributed by atoms with van der Waals surface area (Å²) in [7, 11) is 1.64. The quantitative estimate of drug-likeness (QED) is 0.874. The van der Waals surface area contributed by atoms with Crippen LogP contribution in [0.5, 0.6) is 0 Å². The van der Waals surface area contributed by atoms with Crippen molar-refractivity contribution in [1.29, 1.82) is 0 Å². The normalized spacial score (nSPS) is 19.4. The smallest absolute Gasteiger partial charge is 0.290 e. The van der Waals surface area contributed by atoms with Crippen molar-refractivity contribution in [2.24, 2.45) is 13.0 Å². The van der Waals surface area contributed by atoms with Crippen LogP contribution < -0.4 is 15.8 Å². The van der Waals surface area contributed by atoms with E-state index in [2.05, 4.69) is 20.5 Å². The average Bonchev–Trinajstić information content (AvgIpc) is 3.29. The van der Waals surface area contributed by atoms with E-state index in [0.717, 1.165) is 62.1 Å². The van der Waals surface area contributed by atoms with Gasteiger partial charge in [0.25, 0.3) is 11.5 Å². The first-order valence-electron chi connectivity index (χ1n) is 9.16. The largest absolute Gasteiger partial charge is 0.370 e. The molecule has 0 saturated carbocycles. The molecule has 1 N–H and O–H groups in total. The number of hydrogen-bond donors (Lipinski definition) is 1. The molecular weight excluding hydrogens is 334 g/mol. The zero-order valence-corrected chi connectivity index (χ0v) is 14.9. The molecule has 138 valence electrons. The summed E-state index contributed by atoms with van der Waals surface area (Å²) in [6.45, 7) is 2.24. The lowest BCUT2D eigenvalue weighted by molar-refractivity contribution is 0.0910. The highest BCUT2D eigenvalue weighted by Crippen LogP contribution is 2.24. The second kappa shape index (κ2) is 6.93. The van der Waals surface area contributed by atoms with E-state index in [1.165, 1.54) is 4.68 Å². The predicted molar refractivity (Wildman–Crippen MR) is 95.3 cm³/mol. The van der Waals surface area contributed by atoms with Gasteiger partial charge in [0.1, 0.15) is 0 Å². The van der Waals surface area contributed by atoms with Gasteiger partial charge in [-0.05, 0) is 38.0 Å². The van der Waals surface area contributed by atoms with Crippen molar-refractivity contribution in [3.63, 3.8) is 0 Å². The van der Waals surface area contributed by atoms with Crippen LogP contribution in [0.3, 0.4) is 0 Å². The number of carbonyl (C=O) groups is 1. The van der Waals surface area contributed by atoms with Crippen molar-refractivity contribution >= 4 is 11.6 Å². The summed E-state index contributed by atoms with van der Waals surface area (Å²) in [6, 6.07) is 1.61. The van der Waals surface area contributed by atoms with Gasteiger partial charge in [-0.2, -0.15) is 5.10 Å². The zero-order valence-electron chi connectivity index (χ0n) is 14.9. The third kappa shape index (κ3) is 3.23. The lowest BCUT2D eigenvalue weighted by atomic mass is 9.96. The van der Waals surface area contributed by atoms with Gasteiger partial charge in [-0.25, -0.2) is 4.68 Å². The van der Waals surface area contributed by atoms with Gasteiger partial charge in [-0.15, -0.1) is 0 Å². The molecule has 1 aliphatic heterocycles. The van der Waals surface area contributed by atoms with Crippen molar-refractivity contribution in [2.45, 2.75) is 32.1 Å². The van der Waals surface area contributed by atoms with Crippen LogP contribution in [0.25, 0.3) is 0 Å². The summed E-state index contributed by atoms with van der Waals surface area (Å²) in [5, 5.41) is 11.1. The van der Waals surface area contributed by atoms with Crippen LogP contribution in [0.2, 0.25) is 0 Å². The summed E-state index contributed by atoms with van der Waals surface area (Å²) in [5.74, 6) is 0.543. The van der Waals surface area contributed by atoms with Crippen molar-refractivity contribution in [3.05, 3.63) is 39.6 Å². The molecule has 0 radical (unpaired) electrons. The van der Waals surface area contributed by atoms with E-state index >= 15 is 0 Å². The number of anilines is 1. The van der Waals surface area contributed by atoms with Crippen LogP contribution in [0.15, 0.2) is 21.6 Å². The van der Waals surface area contributed by atoms with Crippen LogP contribution >= 0.6 is 0 Å². The Kier molecular flexibility index (Phi) is 4.48. The van der Waals surface area contributed by atoms with Crippen molar-refractivity contribution in [3.8, 4) is 0 Å². The molecule has 4 rings (SSSR count). The summed E-state index contributed by atoms with van der Waals surface area (Å²) < 4.78 is 6.61. The minimum atomic E-state index is -0.172. The molecule has 0 unspecified atom stereocenters. The maximum atomic E-state index is 12.5. The van der Waals surface area contributed by atoms with Crippen molar-refractivity contribution in [2.75, 3.05) is 24.5 Å². The molecule has 2 aromatic heterocycles. The summed E-state index contributed by atoms with van der Waals surface area (Å²) in [4.78, 5) is 26.3. The van der Waals surface area contributed by atoms with Crippen LogP contribution in [0, 0.1) is 5.92 Å². The molecule has 26 heavy (non-hydrogen) atoms. The first-order chi connectivity index (χ1) is 12.6. The Bertz CT molecular complexity index is 872. The average molecular weight is 357 g/mol. The van der Waals surface area contributed by atoms with Gasteiger partial charge < -0.3 is 14.7 Å². The molecule has 0 spiro atoms. The van der Waals surface area contributed by atoms with E-state index in [-0.39, 0.29) is 11.5 Å². The van der Waals surface area contributed by atoms with Crippen molar-refractivity contribution in [1.82, 2.24) is 20.3 Å². The third-order valence-corrected chi connectivity index (χ3v) is 5.32. The van der Waals surface area contributed by atoms with Crippen molar-refractivity contribution < 1.29 is 9.32 Å². The van der Waals surface area contributed by atoms with Crippen LogP contribution in [-0.2, 0) is 19.9 Å². The van der Waals surface area contributed by atoms with E-state index in [4.69, 9.17) is 4.52 Å². The molecule has 1 fully saturated rings. The Morgan fingerprint density at radius 1 is 1.38 bits per heavy atom. The highest BCUT2D eigenvalue weighted by Gasteiger charge is 2.27. The Morgan fingerprint density at radius 2 is 2.23 bits per heavy atom. The first-order valence-corrected chi connectivity index (χ1v) is 9.16. The Balaban J connectivity index is 1.34. The summed E-state index contributed by atoms with van der Waals surface area (Å²) in [6.07, 6.45) is 6.63. The number of rotatable bonds is 4. The molecule has 1 atom stereocenters. The fraction of sp³-hybridized carbons (Fsp3) is 0.556. The summed E-state index contributed by atoms with van der Waals surface area (Å²) in [5.41, 5.74) is 2.64. The Labute approximate surface area is 151 Å². The number of aryl methyl sites for hydroxylation is 2. The molecule has 1 saturated heterocycles. The maximum Gasteiger partial charge on any atom is 0.290 e. The van der Waals surface area contributed by atoms with Gasteiger partial charge in [0.2, 0.25) is 5.76 Å². The molecule has 0 aromatic carbocycles. The fourth-order valence-corrected chi connectivity index (χ4v) is 3.75. The first kappa shape index (κ1) is 16.8. The highest BCUT2D eigenvalue weighted by atomic mass is 16.5. The molecule has 2 aliphatic rings. The van der Waals surface area contributed by atoms with E-state index in [9.17, 15) is 9.59 Å². The SMILES string of the molecule is Cn1ncc(N2CC[C@H](CNC(=O)c3onc4c3CCCC4)C2)cc1=O. The van der Waals surface area contributed by atoms with Gasteiger partial charge >= 0.3 is 0 Å². The lowest BCUT2D eigenvalue weighted by Gasteiger charge is -2.18. The summed E-state index contributed by atoms with van der Waals surface area (Å²) >= 11 is 0. The van der Waals surface area contributed by atoms with E-state index in [1.54, 1.807) is 19.3 Å². The molecule has 8 nitrogen and oxygen atoms in total. The zero-order chi connectivity index (χ0) is 18.1. The number of nitrogens with one attached hydrogen (secondary N) is 1. The van der Waals surface area contributed by atoms with E-state index in [0.29, 0.717) is 18.2 Å². The molecule has 0 bridgehead atoms. The fourth-order valence-electron chi connectivity index (χ4n) is 3.75. The van der Waals surface area contributed by atoms with E-state index in [1.807, 2.05) is 0 Å². The van der Waals surface area contributed by atoms with Gasteiger partial charge in [0.15, 0.2) is 0 Å². The molecule has 3 heterocycles. The van der Waals surface area contributed by atoms with Gasteiger partial charge in [0, 0.05) is 38.3 Å². The number of nitrogens with zero attached hydrogens (tertiary/aromatic N) is 4. The minimum Gasteiger partial charge on any atom is -0.370 e. The molecule has 2 aromatic rings. The van der Waals surface area contributed by atoms with Gasteiger partial charge in [-0.3, -0.25) is 9.59 Å². The predicted octanol–water partition coefficient (Wildman–Crippen LogP) is 0.903. The maximum absolute atomic E-state index is 12.5. The second-order valence-corrected chi connectivity index (χ2v) is 7.13. The van der Waals surface area contributed by atoms with Gasteiger partial charge in [0.05, 0.1) is 17.6 Å². The van der Waals surface area contributed by atoms with Gasteiger partial charge in [-0.1, -0.05) is 5.16 Å². The molecular formula is C18H23N5O3. The Hall–Kier alpha value is -2.64. The standard InChI is InChI=1S/C18H23N5O3/c1-22-16(24)8-13(10-20-22)23-7-6-12(11-23)9-19-18(25)17-14-4-2-3-5-15(14)21-26-17/h8,10,12H,2-7,9,11H2,1H3,(H,19,25)/t12-/m1/s1. The molecule has 1 amide bonds. The topological polar surface area (TPSA) is 93.3 Å². The number of amides is 1. The van der Waals surface area contributed by atoms with E-state index < -0.39 is 0 Å². The minimum absolute atomic E-state index is 0.116. The number of hydrogen-bond acceptors (Lipinski definition) is 6. The Morgan fingerprint density at radius 3 is 3.08 bits per heavy atom. The molecule has 8 heteroatoms. The van der Waals surface area contributed by atoms with Crippen LogP contribution in [-0.4, -0.2) is 40.5 Å². The third-order valence-electron chi connectivity index (χ3n) is 5.32. The number of carbonyl (C=O) groups excluding carboxylic acids is 1. The number of fused-ring (bicyclic) bond motifs is 1. The monoisotopic (exact) mass is 357 g/mol. The molecule has 1 aliphatic carbocycles.